The molecule has 0 saturated heterocycles. The molecule has 0 aliphatic heterocycles. The van der Waals surface area contributed by atoms with Gasteiger partial charge in [0.25, 0.3) is 5.91 Å². The second-order valence-electron chi connectivity index (χ2n) is 8.65. The highest BCUT2D eigenvalue weighted by Gasteiger charge is 2.26. The molecule has 3 aromatic carbocycles. The lowest BCUT2D eigenvalue weighted by atomic mass is 10.0. The summed E-state index contributed by atoms with van der Waals surface area (Å²) < 4.78 is 17.4. The minimum absolute atomic E-state index is 0.0347. The topological polar surface area (TPSA) is 102 Å². The monoisotopic (exact) mass is 536 g/mol. The van der Waals surface area contributed by atoms with E-state index in [9.17, 15) is 14.9 Å². The van der Waals surface area contributed by atoms with Crippen molar-refractivity contribution >= 4 is 33.2 Å². The third kappa shape index (κ3) is 5.13. The lowest BCUT2D eigenvalue weighted by molar-refractivity contribution is -0.122. The average molecular weight is 537 g/mol. The molecule has 39 heavy (non-hydrogen) atoms. The molecule has 1 N–H and O–H groups in total. The molecule has 7 nitrogen and oxygen atoms in total. The number of hydrogen-bond donors (Lipinski definition) is 1. The average Bonchev–Trinajstić information content (AvgIpc) is 3.39. The summed E-state index contributed by atoms with van der Waals surface area (Å²) in [4.78, 5) is 26.9. The zero-order chi connectivity index (χ0) is 27.4. The van der Waals surface area contributed by atoms with Gasteiger partial charge >= 0.3 is 0 Å². The van der Waals surface area contributed by atoms with E-state index < -0.39 is 12.0 Å². The van der Waals surface area contributed by atoms with E-state index in [4.69, 9.17) is 13.9 Å². The zero-order valence-corrected chi connectivity index (χ0v) is 22.1. The van der Waals surface area contributed by atoms with E-state index in [0.29, 0.717) is 38.4 Å². The molecule has 5 aromatic rings. The second kappa shape index (κ2) is 11.3. The maximum Gasteiger partial charge on any atom is 0.266 e. The number of amides is 1. The van der Waals surface area contributed by atoms with Gasteiger partial charge < -0.3 is 19.2 Å². The molecule has 0 aliphatic carbocycles. The number of para-hydroxylation sites is 1. The van der Waals surface area contributed by atoms with E-state index in [0.717, 1.165) is 5.56 Å². The fourth-order valence-electron chi connectivity index (χ4n) is 4.21. The molecule has 1 atom stereocenters. The van der Waals surface area contributed by atoms with E-state index in [1.165, 1.54) is 11.3 Å². The Labute approximate surface area is 228 Å². The molecule has 0 radical (unpaired) electrons. The Morgan fingerprint density at radius 3 is 2.44 bits per heavy atom. The predicted molar refractivity (Wildman–Crippen MR) is 152 cm³/mol. The maximum atomic E-state index is 13.5. The van der Waals surface area contributed by atoms with Crippen molar-refractivity contribution < 1.29 is 18.7 Å². The van der Waals surface area contributed by atoms with Crippen molar-refractivity contribution in [1.29, 1.82) is 5.26 Å². The molecule has 2 heterocycles. The quantitative estimate of drug-likeness (QED) is 0.232. The van der Waals surface area contributed by atoms with E-state index in [1.807, 2.05) is 60.0 Å². The summed E-state index contributed by atoms with van der Waals surface area (Å²) in [7, 11) is 1.59. The highest BCUT2D eigenvalue weighted by atomic mass is 32.1. The van der Waals surface area contributed by atoms with E-state index in [-0.39, 0.29) is 23.4 Å². The summed E-state index contributed by atoms with van der Waals surface area (Å²) >= 11 is 1.25. The summed E-state index contributed by atoms with van der Waals surface area (Å²) in [5.74, 6) is 0.453. The number of anilines is 1. The van der Waals surface area contributed by atoms with Crippen LogP contribution < -0.4 is 20.2 Å². The number of nitriles is 1. The number of carbonyl (C=O) groups excluding carboxylic acids is 1. The third-order valence-corrected chi connectivity index (χ3v) is 7.15. The molecule has 1 unspecified atom stereocenters. The van der Waals surface area contributed by atoms with Crippen molar-refractivity contribution in [2.45, 2.75) is 19.4 Å². The van der Waals surface area contributed by atoms with Crippen LogP contribution >= 0.6 is 11.3 Å². The number of benzene rings is 3. The number of thiophene rings is 1. The van der Waals surface area contributed by atoms with Crippen LogP contribution in [-0.4, -0.2) is 19.1 Å². The predicted octanol–water partition coefficient (Wildman–Crippen LogP) is 6.86. The van der Waals surface area contributed by atoms with Crippen LogP contribution in [0.1, 0.15) is 18.9 Å². The standard InChI is InChI=1S/C31H24N2O5S/c1-3-25(30(35)33-31-23(17-32)24(18-39-31)19-13-15-21(36-2)16-14-19)37-29-27(34)22-11-7-8-12-26(22)38-28(29)20-9-5-4-6-10-20/h4-16,18,25H,3H2,1-2H3,(H,33,35). The van der Waals surface area contributed by atoms with Crippen molar-refractivity contribution in [2.75, 3.05) is 12.4 Å². The molecular weight excluding hydrogens is 512 g/mol. The molecule has 2 aromatic heterocycles. The summed E-state index contributed by atoms with van der Waals surface area (Å²) in [5, 5.41) is 15.3. The maximum absolute atomic E-state index is 13.5. The van der Waals surface area contributed by atoms with Crippen LogP contribution in [0.5, 0.6) is 11.5 Å². The number of nitrogens with zero attached hydrogens (tertiary/aromatic N) is 1. The minimum Gasteiger partial charge on any atom is -0.497 e. The molecule has 5 rings (SSSR count). The SMILES string of the molecule is CCC(Oc1c(-c2ccccc2)oc2ccccc2c1=O)C(=O)Nc1scc(-c2ccc(OC)cc2)c1C#N. The van der Waals surface area contributed by atoms with Crippen LogP contribution in [0.25, 0.3) is 33.4 Å². The Morgan fingerprint density at radius 1 is 1.03 bits per heavy atom. The van der Waals surface area contributed by atoms with Crippen molar-refractivity contribution in [3.8, 4) is 40.0 Å². The Hall–Kier alpha value is -4.87. The summed E-state index contributed by atoms with van der Waals surface area (Å²) in [6.45, 7) is 1.79. The number of hydrogen-bond acceptors (Lipinski definition) is 7. The molecule has 0 saturated carbocycles. The number of methoxy groups -OCH3 is 1. The minimum atomic E-state index is -1.00. The Morgan fingerprint density at radius 2 is 1.74 bits per heavy atom. The normalized spacial score (nSPS) is 11.5. The number of ether oxygens (including phenoxy) is 2. The van der Waals surface area contributed by atoms with E-state index in [1.54, 1.807) is 38.3 Å². The second-order valence-corrected chi connectivity index (χ2v) is 9.53. The number of carbonyl (C=O) groups is 1. The van der Waals surface area contributed by atoms with E-state index in [2.05, 4.69) is 11.4 Å². The van der Waals surface area contributed by atoms with Crippen molar-refractivity contribution in [1.82, 2.24) is 0 Å². The van der Waals surface area contributed by atoms with Gasteiger partial charge in [-0.05, 0) is 36.2 Å². The summed E-state index contributed by atoms with van der Waals surface area (Å²) in [5.41, 5.74) is 2.60. The molecule has 194 valence electrons. The zero-order valence-electron chi connectivity index (χ0n) is 21.3. The smallest absolute Gasteiger partial charge is 0.266 e. The van der Waals surface area contributed by atoms with Crippen LogP contribution in [0.4, 0.5) is 5.00 Å². The molecule has 1 amide bonds. The molecule has 0 spiro atoms. The first-order valence-electron chi connectivity index (χ1n) is 12.3. The van der Waals surface area contributed by atoms with Crippen LogP contribution in [0.2, 0.25) is 0 Å². The van der Waals surface area contributed by atoms with Crippen molar-refractivity contribution in [3.63, 3.8) is 0 Å². The molecule has 8 heteroatoms. The Bertz CT molecular complexity index is 1730. The molecule has 0 aliphatic rings. The first-order valence-corrected chi connectivity index (χ1v) is 13.2. The first-order chi connectivity index (χ1) is 19.0. The van der Waals surface area contributed by atoms with Gasteiger partial charge in [0, 0.05) is 16.5 Å². The Balaban J connectivity index is 1.47. The van der Waals surface area contributed by atoms with Gasteiger partial charge in [-0.1, -0.05) is 61.5 Å². The van der Waals surface area contributed by atoms with Gasteiger partial charge in [0.1, 0.15) is 22.4 Å². The third-order valence-electron chi connectivity index (χ3n) is 6.26. The number of nitrogens with one attached hydrogen (secondary N) is 1. The van der Waals surface area contributed by atoms with Crippen LogP contribution in [-0.2, 0) is 4.79 Å². The van der Waals surface area contributed by atoms with Crippen LogP contribution in [0.15, 0.2) is 93.5 Å². The van der Waals surface area contributed by atoms with Crippen molar-refractivity contribution in [2.24, 2.45) is 0 Å². The molecular formula is C31H24N2O5S. The summed E-state index contributed by atoms with van der Waals surface area (Å²) in [6.07, 6.45) is -0.722. The van der Waals surface area contributed by atoms with Gasteiger partial charge in [-0.25, -0.2) is 0 Å². The highest BCUT2D eigenvalue weighted by Crippen LogP contribution is 2.36. The van der Waals surface area contributed by atoms with Gasteiger partial charge in [-0.2, -0.15) is 5.26 Å². The highest BCUT2D eigenvalue weighted by molar-refractivity contribution is 7.15. The molecule has 0 fully saturated rings. The van der Waals surface area contributed by atoms with Gasteiger partial charge in [0.15, 0.2) is 11.9 Å². The van der Waals surface area contributed by atoms with Gasteiger partial charge in [-0.3, -0.25) is 9.59 Å². The first kappa shape index (κ1) is 25.8. The largest absolute Gasteiger partial charge is 0.497 e. The summed E-state index contributed by atoms with van der Waals surface area (Å²) in [6, 6.07) is 25.6. The number of rotatable bonds is 8. The van der Waals surface area contributed by atoms with Gasteiger partial charge in [0.2, 0.25) is 11.2 Å². The van der Waals surface area contributed by atoms with Crippen LogP contribution in [0.3, 0.4) is 0 Å². The Kier molecular flexibility index (Phi) is 7.43. The number of fused-ring (bicyclic) bond motifs is 1. The van der Waals surface area contributed by atoms with Crippen LogP contribution in [0, 0.1) is 11.3 Å². The lowest BCUT2D eigenvalue weighted by Gasteiger charge is -2.18. The van der Waals surface area contributed by atoms with Gasteiger partial charge in [0.05, 0.1) is 18.1 Å². The fourth-order valence-corrected chi connectivity index (χ4v) is 5.13. The fraction of sp³-hybridized carbons (Fsp3) is 0.129. The van der Waals surface area contributed by atoms with Crippen molar-refractivity contribution in [3.05, 3.63) is 100 Å². The molecule has 0 bridgehead atoms. The van der Waals surface area contributed by atoms with E-state index >= 15 is 0 Å². The lowest BCUT2D eigenvalue weighted by Crippen LogP contribution is -2.34. The van der Waals surface area contributed by atoms with Gasteiger partial charge in [-0.15, -0.1) is 11.3 Å².